The highest BCUT2D eigenvalue weighted by Gasteiger charge is 2.05. The zero-order valence-corrected chi connectivity index (χ0v) is 8.18. The van der Waals surface area contributed by atoms with Crippen LogP contribution in [0.25, 0.3) is 0 Å². The molecule has 1 aromatic rings. The molecule has 0 aliphatic carbocycles. The molecule has 14 heavy (non-hydrogen) atoms. The molecule has 1 aromatic heterocycles. The van der Waals surface area contributed by atoms with E-state index in [0.29, 0.717) is 18.8 Å². The molecule has 0 saturated carbocycles. The number of aryl methyl sites for hydroxylation is 1. The Bertz CT molecular complexity index is 281. The number of aliphatic hydroxyl groups excluding tert-OH is 1. The number of aliphatic hydroxyl groups is 1. The van der Waals surface area contributed by atoms with Crippen molar-refractivity contribution in [1.82, 2.24) is 9.97 Å². The van der Waals surface area contributed by atoms with Crippen molar-refractivity contribution in [2.75, 3.05) is 13.2 Å². The van der Waals surface area contributed by atoms with E-state index in [1.165, 1.54) is 6.33 Å². The molecule has 0 aliphatic rings. The standard InChI is InChI=1S/C9H15N3O2/c1-7-4-11-6-12-9(7)14-5-8(13)2-3-10/h4,6,8,13H,2-3,5,10H2,1H3. The summed E-state index contributed by atoms with van der Waals surface area (Å²) in [4.78, 5) is 7.77. The van der Waals surface area contributed by atoms with Gasteiger partial charge in [0.15, 0.2) is 0 Å². The average molecular weight is 197 g/mol. The molecule has 0 aromatic carbocycles. The minimum absolute atomic E-state index is 0.217. The van der Waals surface area contributed by atoms with E-state index in [4.69, 9.17) is 10.5 Å². The zero-order valence-electron chi connectivity index (χ0n) is 8.18. The molecule has 3 N–H and O–H groups in total. The number of hydrogen-bond acceptors (Lipinski definition) is 5. The molecule has 1 atom stereocenters. The number of aromatic nitrogens is 2. The van der Waals surface area contributed by atoms with Crippen LogP contribution in [0.15, 0.2) is 12.5 Å². The third kappa shape index (κ3) is 3.27. The van der Waals surface area contributed by atoms with Crippen LogP contribution >= 0.6 is 0 Å². The molecular formula is C9H15N3O2. The van der Waals surface area contributed by atoms with Gasteiger partial charge in [0.2, 0.25) is 5.88 Å². The maximum Gasteiger partial charge on any atom is 0.219 e. The fourth-order valence-electron chi connectivity index (χ4n) is 0.990. The Balaban J connectivity index is 2.41. The summed E-state index contributed by atoms with van der Waals surface area (Å²) in [5, 5.41) is 9.35. The van der Waals surface area contributed by atoms with Gasteiger partial charge >= 0.3 is 0 Å². The lowest BCUT2D eigenvalue weighted by Crippen LogP contribution is -2.21. The van der Waals surface area contributed by atoms with Crippen LogP contribution in [0.3, 0.4) is 0 Å². The molecule has 0 saturated heterocycles. The molecular weight excluding hydrogens is 182 g/mol. The molecule has 78 valence electrons. The summed E-state index contributed by atoms with van der Waals surface area (Å²) < 4.78 is 5.29. The van der Waals surface area contributed by atoms with Gasteiger partial charge in [-0.2, -0.15) is 0 Å². The Morgan fingerprint density at radius 3 is 3.07 bits per heavy atom. The van der Waals surface area contributed by atoms with Crippen molar-refractivity contribution in [3.8, 4) is 5.88 Å². The largest absolute Gasteiger partial charge is 0.475 e. The first-order valence-corrected chi connectivity index (χ1v) is 4.51. The molecule has 1 rings (SSSR count). The predicted octanol–water partition coefficient (Wildman–Crippen LogP) is -0.126. The van der Waals surface area contributed by atoms with E-state index in [9.17, 15) is 5.11 Å². The van der Waals surface area contributed by atoms with Crippen LogP contribution in [0.2, 0.25) is 0 Å². The summed E-state index contributed by atoms with van der Waals surface area (Å²) in [5.74, 6) is 0.510. The minimum Gasteiger partial charge on any atom is -0.475 e. The Labute approximate surface area is 82.9 Å². The normalized spacial score (nSPS) is 12.5. The molecule has 5 nitrogen and oxygen atoms in total. The van der Waals surface area contributed by atoms with Gasteiger partial charge in [-0.25, -0.2) is 9.97 Å². The van der Waals surface area contributed by atoms with Gasteiger partial charge in [-0.1, -0.05) is 0 Å². The molecule has 1 unspecified atom stereocenters. The predicted molar refractivity (Wildman–Crippen MR) is 51.9 cm³/mol. The first-order chi connectivity index (χ1) is 6.74. The maximum absolute atomic E-state index is 9.35. The van der Waals surface area contributed by atoms with E-state index in [1.807, 2.05) is 6.92 Å². The lowest BCUT2D eigenvalue weighted by Gasteiger charge is -2.11. The summed E-state index contributed by atoms with van der Waals surface area (Å²) in [6, 6.07) is 0. The Morgan fingerprint density at radius 1 is 1.64 bits per heavy atom. The van der Waals surface area contributed by atoms with Crippen molar-refractivity contribution in [2.45, 2.75) is 19.4 Å². The lowest BCUT2D eigenvalue weighted by molar-refractivity contribution is 0.0991. The van der Waals surface area contributed by atoms with Gasteiger partial charge in [0, 0.05) is 11.8 Å². The average Bonchev–Trinajstić information content (AvgIpc) is 2.17. The van der Waals surface area contributed by atoms with E-state index < -0.39 is 6.10 Å². The van der Waals surface area contributed by atoms with Crippen molar-refractivity contribution < 1.29 is 9.84 Å². The van der Waals surface area contributed by atoms with Gasteiger partial charge in [-0.3, -0.25) is 0 Å². The number of rotatable bonds is 5. The van der Waals surface area contributed by atoms with Crippen molar-refractivity contribution in [1.29, 1.82) is 0 Å². The highest BCUT2D eigenvalue weighted by molar-refractivity contribution is 5.19. The quantitative estimate of drug-likeness (QED) is 0.687. The van der Waals surface area contributed by atoms with Crippen LogP contribution < -0.4 is 10.5 Å². The molecule has 0 spiro atoms. The van der Waals surface area contributed by atoms with Crippen LogP contribution in [-0.4, -0.2) is 34.3 Å². The van der Waals surface area contributed by atoms with E-state index in [-0.39, 0.29) is 6.61 Å². The number of nitrogens with two attached hydrogens (primary N) is 1. The van der Waals surface area contributed by atoms with Crippen molar-refractivity contribution in [2.24, 2.45) is 5.73 Å². The molecule has 0 fully saturated rings. The van der Waals surface area contributed by atoms with Gasteiger partial charge in [0.25, 0.3) is 0 Å². The van der Waals surface area contributed by atoms with E-state index in [2.05, 4.69) is 9.97 Å². The van der Waals surface area contributed by atoms with Crippen molar-refractivity contribution >= 4 is 0 Å². The van der Waals surface area contributed by atoms with Crippen LogP contribution in [0.1, 0.15) is 12.0 Å². The Hall–Kier alpha value is -1.20. The fourth-order valence-corrected chi connectivity index (χ4v) is 0.990. The number of hydrogen-bond donors (Lipinski definition) is 2. The number of nitrogens with zero attached hydrogens (tertiary/aromatic N) is 2. The fraction of sp³-hybridized carbons (Fsp3) is 0.556. The molecule has 0 aliphatic heterocycles. The highest BCUT2D eigenvalue weighted by Crippen LogP contribution is 2.10. The van der Waals surface area contributed by atoms with E-state index in [1.54, 1.807) is 6.20 Å². The summed E-state index contributed by atoms with van der Waals surface area (Å²) in [6.07, 6.45) is 3.08. The topological polar surface area (TPSA) is 81.3 Å². The summed E-state index contributed by atoms with van der Waals surface area (Å²) in [5.41, 5.74) is 6.14. The summed E-state index contributed by atoms with van der Waals surface area (Å²) in [6.45, 7) is 2.52. The third-order valence-corrected chi connectivity index (χ3v) is 1.76. The van der Waals surface area contributed by atoms with Crippen molar-refractivity contribution in [3.63, 3.8) is 0 Å². The monoisotopic (exact) mass is 197 g/mol. The van der Waals surface area contributed by atoms with Crippen molar-refractivity contribution in [3.05, 3.63) is 18.1 Å². The van der Waals surface area contributed by atoms with Gasteiger partial charge in [-0.15, -0.1) is 0 Å². The van der Waals surface area contributed by atoms with Crippen LogP contribution in [-0.2, 0) is 0 Å². The zero-order chi connectivity index (χ0) is 10.4. The van der Waals surface area contributed by atoms with Gasteiger partial charge in [-0.05, 0) is 19.9 Å². The SMILES string of the molecule is Cc1cncnc1OCC(O)CCN. The molecule has 0 bridgehead atoms. The minimum atomic E-state index is -0.533. The second-order valence-electron chi connectivity index (χ2n) is 3.05. The third-order valence-electron chi connectivity index (χ3n) is 1.76. The summed E-state index contributed by atoms with van der Waals surface area (Å²) >= 11 is 0. The summed E-state index contributed by atoms with van der Waals surface area (Å²) in [7, 11) is 0. The Morgan fingerprint density at radius 2 is 2.43 bits per heavy atom. The van der Waals surface area contributed by atoms with E-state index in [0.717, 1.165) is 5.56 Å². The molecule has 1 heterocycles. The highest BCUT2D eigenvalue weighted by atomic mass is 16.5. The van der Waals surface area contributed by atoms with Gasteiger partial charge in [0.05, 0.1) is 6.10 Å². The second kappa shape index (κ2) is 5.51. The smallest absolute Gasteiger partial charge is 0.219 e. The van der Waals surface area contributed by atoms with Gasteiger partial charge in [0.1, 0.15) is 12.9 Å². The Kier molecular flexibility index (Phi) is 4.28. The van der Waals surface area contributed by atoms with Crippen LogP contribution in [0.4, 0.5) is 0 Å². The van der Waals surface area contributed by atoms with E-state index >= 15 is 0 Å². The second-order valence-corrected chi connectivity index (χ2v) is 3.05. The first kappa shape index (κ1) is 10.9. The maximum atomic E-state index is 9.35. The first-order valence-electron chi connectivity index (χ1n) is 4.51. The number of ether oxygens (including phenoxy) is 1. The van der Waals surface area contributed by atoms with Crippen LogP contribution in [0.5, 0.6) is 5.88 Å². The lowest BCUT2D eigenvalue weighted by atomic mass is 10.3. The molecule has 5 heteroatoms. The molecule has 0 amide bonds. The van der Waals surface area contributed by atoms with Crippen LogP contribution in [0, 0.1) is 6.92 Å². The molecule has 0 radical (unpaired) electrons. The van der Waals surface area contributed by atoms with Gasteiger partial charge < -0.3 is 15.6 Å².